The maximum Gasteiger partial charge on any atom is 0.421 e. The highest BCUT2D eigenvalue weighted by molar-refractivity contribution is 5.61. The highest BCUT2D eigenvalue weighted by atomic mass is 19.4. The van der Waals surface area contributed by atoms with Crippen LogP contribution in [0.15, 0.2) is 18.3 Å². The fourth-order valence-electron chi connectivity index (χ4n) is 2.47. The molecule has 3 rings (SSSR count). The van der Waals surface area contributed by atoms with Gasteiger partial charge in [0.15, 0.2) is 0 Å². The number of nitrogens with zero attached hydrogens (tertiary/aromatic N) is 3. The number of rotatable bonds is 4. The van der Waals surface area contributed by atoms with Gasteiger partial charge < -0.3 is 10.6 Å². The standard InChI is InChI=1S/C16H13F4N5/c1-22-14-11(16(18,19)20)7-23-15(25-14)24-13-4-9(6-21)10(5-12(13)17)8-2-3-8/h4-5,7-8H,2-3H2,1H3,(H2,22,23,24,25). The summed E-state index contributed by atoms with van der Waals surface area (Å²) in [5.41, 5.74) is -0.118. The van der Waals surface area contributed by atoms with Crippen LogP contribution in [-0.4, -0.2) is 17.0 Å². The van der Waals surface area contributed by atoms with E-state index in [-0.39, 0.29) is 17.6 Å². The molecule has 2 aromatic rings. The van der Waals surface area contributed by atoms with Crippen LogP contribution in [0.1, 0.15) is 35.4 Å². The molecular weight excluding hydrogens is 338 g/mol. The van der Waals surface area contributed by atoms with Crippen molar-refractivity contribution in [1.82, 2.24) is 9.97 Å². The SMILES string of the molecule is CNc1nc(Nc2cc(C#N)c(C3CC3)cc2F)ncc1C(F)(F)F. The molecule has 1 aliphatic rings. The molecule has 0 spiro atoms. The van der Waals surface area contributed by atoms with Crippen LogP contribution >= 0.6 is 0 Å². The van der Waals surface area contributed by atoms with Crippen molar-refractivity contribution >= 4 is 17.5 Å². The zero-order valence-corrected chi connectivity index (χ0v) is 13.1. The smallest absolute Gasteiger partial charge is 0.372 e. The van der Waals surface area contributed by atoms with Gasteiger partial charge in [0, 0.05) is 13.2 Å². The van der Waals surface area contributed by atoms with Crippen molar-refractivity contribution in [3.05, 3.63) is 40.8 Å². The van der Waals surface area contributed by atoms with Gasteiger partial charge in [-0.15, -0.1) is 0 Å². The molecule has 0 atom stereocenters. The van der Waals surface area contributed by atoms with E-state index in [9.17, 15) is 22.8 Å². The fraction of sp³-hybridized carbons (Fsp3) is 0.312. The summed E-state index contributed by atoms with van der Waals surface area (Å²) < 4.78 is 52.8. The summed E-state index contributed by atoms with van der Waals surface area (Å²) in [7, 11) is 1.29. The molecule has 0 saturated heterocycles. The molecule has 0 radical (unpaired) electrons. The van der Waals surface area contributed by atoms with E-state index < -0.39 is 23.4 Å². The number of hydrogen-bond donors (Lipinski definition) is 2. The monoisotopic (exact) mass is 351 g/mol. The molecule has 1 heterocycles. The van der Waals surface area contributed by atoms with Crippen LogP contribution < -0.4 is 10.6 Å². The summed E-state index contributed by atoms with van der Waals surface area (Å²) in [6.07, 6.45) is -2.17. The molecule has 9 heteroatoms. The molecule has 25 heavy (non-hydrogen) atoms. The third-order valence-corrected chi connectivity index (χ3v) is 3.85. The van der Waals surface area contributed by atoms with Crippen molar-refractivity contribution < 1.29 is 17.6 Å². The average Bonchev–Trinajstić information content (AvgIpc) is 3.40. The molecule has 0 bridgehead atoms. The summed E-state index contributed by atoms with van der Waals surface area (Å²) in [5, 5.41) is 14.1. The molecule has 0 unspecified atom stereocenters. The lowest BCUT2D eigenvalue weighted by Gasteiger charge is -2.14. The van der Waals surface area contributed by atoms with Crippen molar-refractivity contribution in [2.75, 3.05) is 17.7 Å². The van der Waals surface area contributed by atoms with Crippen LogP contribution in [0, 0.1) is 17.1 Å². The average molecular weight is 351 g/mol. The number of nitriles is 1. The van der Waals surface area contributed by atoms with Gasteiger partial charge in [-0.2, -0.15) is 23.4 Å². The molecule has 2 N–H and O–H groups in total. The maximum atomic E-state index is 14.3. The topological polar surface area (TPSA) is 73.6 Å². The van der Waals surface area contributed by atoms with Crippen LogP contribution in [0.25, 0.3) is 0 Å². The van der Waals surface area contributed by atoms with E-state index in [1.807, 2.05) is 6.07 Å². The minimum Gasteiger partial charge on any atom is -0.372 e. The summed E-state index contributed by atoms with van der Waals surface area (Å²) in [6, 6.07) is 4.62. The van der Waals surface area contributed by atoms with Gasteiger partial charge in [-0.25, -0.2) is 9.37 Å². The Balaban J connectivity index is 1.94. The predicted molar refractivity (Wildman–Crippen MR) is 83.0 cm³/mol. The van der Waals surface area contributed by atoms with E-state index >= 15 is 0 Å². The summed E-state index contributed by atoms with van der Waals surface area (Å²) >= 11 is 0. The van der Waals surface area contributed by atoms with Crippen molar-refractivity contribution in [1.29, 1.82) is 5.26 Å². The van der Waals surface area contributed by atoms with Crippen molar-refractivity contribution in [3.8, 4) is 6.07 Å². The quantitative estimate of drug-likeness (QED) is 0.809. The van der Waals surface area contributed by atoms with Crippen molar-refractivity contribution in [2.45, 2.75) is 24.9 Å². The lowest BCUT2D eigenvalue weighted by atomic mass is 10.0. The zero-order chi connectivity index (χ0) is 18.2. The second-order valence-corrected chi connectivity index (χ2v) is 5.63. The third kappa shape index (κ3) is 3.47. The maximum absolute atomic E-state index is 14.3. The lowest BCUT2D eigenvalue weighted by molar-refractivity contribution is -0.137. The largest absolute Gasteiger partial charge is 0.421 e. The molecule has 5 nitrogen and oxygen atoms in total. The Labute approximate surface area is 140 Å². The van der Waals surface area contributed by atoms with E-state index in [2.05, 4.69) is 20.6 Å². The van der Waals surface area contributed by atoms with Gasteiger partial charge in [0.1, 0.15) is 17.2 Å². The van der Waals surface area contributed by atoms with E-state index in [1.165, 1.54) is 19.2 Å². The number of alkyl halides is 3. The van der Waals surface area contributed by atoms with Crippen LogP contribution in [0.5, 0.6) is 0 Å². The van der Waals surface area contributed by atoms with Gasteiger partial charge in [0.25, 0.3) is 0 Å². The minimum atomic E-state index is -4.61. The molecule has 0 aliphatic heterocycles. The number of anilines is 3. The number of aromatic nitrogens is 2. The van der Waals surface area contributed by atoms with Crippen LogP contribution in [-0.2, 0) is 6.18 Å². The normalized spacial score (nSPS) is 14.1. The van der Waals surface area contributed by atoms with E-state index in [0.717, 1.165) is 12.8 Å². The molecule has 1 fully saturated rings. The Morgan fingerprint density at radius 1 is 1.28 bits per heavy atom. The Kier molecular flexibility index (Phi) is 4.20. The molecule has 130 valence electrons. The third-order valence-electron chi connectivity index (χ3n) is 3.85. The summed E-state index contributed by atoms with van der Waals surface area (Å²) in [4.78, 5) is 7.30. The molecule has 1 saturated carbocycles. The van der Waals surface area contributed by atoms with Gasteiger partial charge >= 0.3 is 6.18 Å². The molecular formula is C16H13F4N5. The van der Waals surface area contributed by atoms with Gasteiger partial charge in [-0.3, -0.25) is 0 Å². The number of benzene rings is 1. The second-order valence-electron chi connectivity index (χ2n) is 5.63. The number of hydrogen-bond acceptors (Lipinski definition) is 5. The second kappa shape index (κ2) is 6.20. The van der Waals surface area contributed by atoms with Crippen LogP contribution in [0.4, 0.5) is 35.0 Å². The fourth-order valence-corrected chi connectivity index (χ4v) is 2.47. The lowest BCUT2D eigenvalue weighted by Crippen LogP contribution is -2.12. The number of nitrogens with one attached hydrogen (secondary N) is 2. The molecule has 1 aromatic heterocycles. The first-order valence-corrected chi connectivity index (χ1v) is 7.46. The first-order chi connectivity index (χ1) is 11.8. The number of halogens is 4. The van der Waals surface area contributed by atoms with E-state index in [4.69, 9.17) is 0 Å². The predicted octanol–water partition coefficient (Wildman–Crippen LogP) is 4.17. The minimum absolute atomic E-state index is 0.0669. The Hall–Kier alpha value is -2.89. The van der Waals surface area contributed by atoms with Gasteiger partial charge in [0.05, 0.1) is 17.3 Å². The van der Waals surface area contributed by atoms with E-state index in [1.54, 1.807) is 0 Å². The molecule has 1 aliphatic carbocycles. The zero-order valence-electron chi connectivity index (χ0n) is 13.1. The van der Waals surface area contributed by atoms with Crippen molar-refractivity contribution in [3.63, 3.8) is 0 Å². The van der Waals surface area contributed by atoms with Crippen LogP contribution in [0.2, 0.25) is 0 Å². The Morgan fingerprint density at radius 2 is 2.00 bits per heavy atom. The Morgan fingerprint density at radius 3 is 2.56 bits per heavy atom. The van der Waals surface area contributed by atoms with Gasteiger partial charge in [-0.1, -0.05) is 0 Å². The molecule has 0 amide bonds. The first kappa shape index (κ1) is 17.0. The van der Waals surface area contributed by atoms with Gasteiger partial charge in [0.2, 0.25) is 5.95 Å². The summed E-state index contributed by atoms with van der Waals surface area (Å²) in [6.45, 7) is 0. The molecule has 1 aromatic carbocycles. The van der Waals surface area contributed by atoms with Crippen LogP contribution in [0.3, 0.4) is 0 Å². The Bertz CT molecular complexity index is 853. The summed E-state index contributed by atoms with van der Waals surface area (Å²) in [5.74, 6) is -1.06. The highest BCUT2D eigenvalue weighted by Gasteiger charge is 2.35. The van der Waals surface area contributed by atoms with Crippen molar-refractivity contribution in [2.24, 2.45) is 0 Å². The van der Waals surface area contributed by atoms with E-state index in [0.29, 0.717) is 17.3 Å². The highest BCUT2D eigenvalue weighted by Crippen LogP contribution is 2.43. The first-order valence-electron chi connectivity index (χ1n) is 7.46. The van der Waals surface area contributed by atoms with Gasteiger partial charge in [-0.05, 0) is 36.5 Å².